The van der Waals surface area contributed by atoms with Gasteiger partial charge in [0.05, 0.1) is 19.8 Å². The highest BCUT2D eigenvalue weighted by Crippen LogP contribution is 2.20. The van der Waals surface area contributed by atoms with Crippen LogP contribution in [0.4, 0.5) is 0 Å². The monoisotopic (exact) mass is 318 g/mol. The highest BCUT2D eigenvalue weighted by Gasteiger charge is 2.25. The number of morpholine rings is 1. The average Bonchev–Trinajstić information content (AvgIpc) is 2.63. The first-order valence-corrected chi connectivity index (χ1v) is 8.46. The molecule has 23 heavy (non-hydrogen) atoms. The van der Waals surface area contributed by atoms with E-state index in [0.717, 1.165) is 39.3 Å². The fourth-order valence-corrected chi connectivity index (χ4v) is 3.25. The zero-order chi connectivity index (χ0) is 16.1. The highest BCUT2D eigenvalue weighted by atomic mass is 16.5. The Balaban J connectivity index is 1.45. The minimum Gasteiger partial charge on any atom is -0.378 e. The lowest BCUT2D eigenvalue weighted by molar-refractivity contribution is -0.137. The molecule has 1 aromatic rings. The van der Waals surface area contributed by atoms with Crippen molar-refractivity contribution in [2.24, 2.45) is 0 Å². The Bertz CT molecular complexity index is 497. The van der Waals surface area contributed by atoms with E-state index in [1.54, 1.807) is 0 Å². The lowest BCUT2D eigenvalue weighted by Crippen LogP contribution is -2.51. The third-order valence-corrected chi connectivity index (χ3v) is 4.84. The summed E-state index contributed by atoms with van der Waals surface area (Å²) in [6.45, 7) is 9.44. The number of hydrogen-bond donors (Lipinski definition) is 0. The van der Waals surface area contributed by atoms with E-state index in [-0.39, 0.29) is 5.91 Å². The molecule has 2 saturated heterocycles. The van der Waals surface area contributed by atoms with E-state index >= 15 is 0 Å². The first kappa shape index (κ1) is 16.4. The number of ether oxygens (including phenoxy) is 1. The number of carbonyl (C=O) groups excluding carboxylic acids is 1. The van der Waals surface area contributed by atoms with Gasteiger partial charge >= 0.3 is 0 Å². The molecule has 0 saturated carbocycles. The Morgan fingerprint density at radius 3 is 2.61 bits per heavy atom. The van der Waals surface area contributed by atoms with E-state index in [2.05, 4.69) is 27.8 Å². The van der Waals surface area contributed by atoms with Crippen LogP contribution in [-0.4, -0.2) is 84.6 Å². The summed E-state index contributed by atoms with van der Waals surface area (Å²) in [7, 11) is 0. The van der Waals surface area contributed by atoms with Crippen molar-refractivity contribution in [3.63, 3.8) is 0 Å². The predicted molar refractivity (Wildman–Crippen MR) is 88.1 cm³/mol. The zero-order valence-corrected chi connectivity index (χ0v) is 13.9. The first-order valence-electron chi connectivity index (χ1n) is 8.46. The molecule has 1 aromatic heterocycles. The SMILES string of the molecule is C[C@H](c1cccnc1)N1CCN(CC(=O)N2CCOCC2)CC1. The van der Waals surface area contributed by atoms with Gasteiger partial charge in [-0.1, -0.05) is 6.07 Å². The lowest BCUT2D eigenvalue weighted by Gasteiger charge is -2.38. The molecule has 1 atom stereocenters. The van der Waals surface area contributed by atoms with Gasteiger partial charge in [-0.05, 0) is 18.6 Å². The van der Waals surface area contributed by atoms with Gasteiger partial charge in [0.2, 0.25) is 5.91 Å². The van der Waals surface area contributed by atoms with Crippen LogP contribution in [0.15, 0.2) is 24.5 Å². The standard InChI is InChI=1S/C17H26N4O2/c1-15(16-3-2-4-18-13-16)20-7-5-19(6-8-20)14-17(22)21-9-11-23-12-10-21/h2-4,13,15H,5-12,14H2,1H3/t15-/m1/s1. The summed E-state index contributed by atoms with van der Waals surface area (Å²) >= 11 is 0. The molecule has 126 valence electrons. The predicted octanol–water partition coefficient (Wildman–Crippen LogP) is 0.619. The van der Waals surface area contributed by atoms with Crippen LogP contribution in [0, 0.1) is 0 Å². The van der Waals surface area contributed by atoms with Crippen molar-refractivity contribution in [1.29, 1.82) is 0 Å². The van der Waals surface area contributed by atoms with Crippen LogP contribution in [0.5, 0.6) is 0 Å². The summed E-state index contributed by atoms with van der Waals surface area (Å²) < 4.78 is 5.30. The number of rotatable bonds is 4. The van der Waals surface area contributed by atoms with Crippen LogP contribution in [0.1, 0.15) is 18.5 Å². The fourth-order valence-electron chi connectivity index (χ4n) is 3.25. The van der Waals surface area contributed by atoms with Crippen LogP contribution in [0.2, 0.25) is 0 Å². The summed E-state index contributed by atoms with van der Waals surface area (Å²) in [6, 6.07) is 4.50. The smallest absolute Gasteiger partial charge is 0.236 e. The molecule has 3 rings (SSSR count). The molecule has 0 unspecified atom stereocenters. The summed E-state index contributed by atoms with van der Waals surface area (Å²) in [5.41, 5.74) is 1.25. The Morgan fingerprint density at radius 2 is 1.96 bits per heavy atom. The van der Waals surface area contributed by atoms with Gasteiger partial charge in [0.1, 0.15) is 0 Å². The Kier molecular flexibility index (Phi) is 5.59. The Morgan fingerprint density at radius 1 is 1.22 bits per heavy atom. The Hall–Kier alpha value is -1.50. The number of amides is 1. The van der Waals surface area contributed by atoms with Crippen molar-refractivity contribution in [1.82, 2.24) is 19.7 Å². The molecular formula is C17H26N4O2. The quantitative estimate of drug-likeness (QED) is 0.814. The summed E-state index contributed by atoms with van der Waals surface area (Å²) in [5, 5.41) is 0. The molecular weight excluding hydrogens is 292 g/mol. The molecule has 2 aliphatic heterocycles. The normalized spacial score (nSPS) is 22.0. The van der Waals surface area contributed by atoms with Crippen molar-refractivity contribution < 1.29 is 9.53 Å². The topological polar surface area (TPSA) is 48.9 Å². The molecule has 0 radical (unpaired) electrons. The first-order chi connectivity index (χ1) is 11.2. The maximum atomic E-state index is 12.3. The molecule has 0 aliphatic carbocycles. The van der Waals surface area contributed by atoms with Gasteiger partial charge in [-0.15, -0.1) is 0 Å². The second-order valence-electron chi connectivity index (χ2n) is 6.27. The molecule has 0 bridgehead atoms. The fraction of sp³-hybridized carbons (Fsp3) is 0.647. The van der Waals surface area contributed by atoms with Gasteiger partial charge in [0, 0.05) is 57.7 Å². The maximum Gasteiger partial charge on any atom is 0.236 e. The number of carbonyl (C=O) groups is 1. The van der Waals surface area contributed by atoms with Crippen LogP contribution >= 0.6 is 0 Å². The Labute approximate surface area is 138 Å². The number of pyridine rings is 1. The van der Waals surface area contributed by atoms with Crippen molar-refractivity contribution in [2.45, 2.75) is 13.0 Å². The van der Waals surface area contributed by atoms with Crippen molar-refractivity contribution in [3.8, 4) is 0 Å². The van der Waals surface area contributed by atoms with Crippen molar-refractivity contribution in [2.75, 3.05) is 59.0 Å². The van der Waals surface area contributed by atoms with Gasteiger partial charge in [0.25, 0.3) is 0 Å². The third-order valence-electron chi connectivity index (χ3n) is 4.84. The highest BCUT2D eigenvalue weighted by molar-refractivity contribution is 5.78. The van der Waals surface area contributed by atoms with Gasteiger partial charge in [-0.2, -0.15) is 0 Å². The molecule has 2 fully saturated rings. The number of aromatic nitrogens is 1. The summed E-state index contributed by atoms with van der Waals surface area (Å²) in [5.74, 6) is 0.238. The van der Waals surface area contributed by atoms with Crippen LogP contribution in [-0.2, 0) is 9.53 Å². The second kappa shape index (κ2) is 7.86. The van der Waals surface area contributed by atoms with Gasteiger partial charge in [0.15, 0.2) is 0 Å². The van der Waals surface area contributed by atoms with Gasteiger partial charge in [-0.3, -0.25) is 19.6 Å². The van der Waals surface area contributed by atoms with Gasteiger partial charge < -0.3 is 9.64 Å². The zero-order valence-electron chi connectivity index (χ0n) is 13.9. The molecule has 3 heterocycles. The molecule has 6 heteroatoms. The second-order valence-corrected chi connectivity index (χ2v) is 6.27. The molecule has 6 nitrogen and oxygen atoms in total. The number of hydrogen-bond acceptors (Lipinski definition) is 5. The van der Waals surface area contributed by atoms with E-state index in [1.807, 2.05) is 23.4 Å². The van der Waals surface area contributed by atoms with E-state index in [9.17, 15) is 4.79 Å². The van der Waals surface area contributed by atoms with Crippen LogP contribution in [0.25, 0.3) is 0 Å². The summed E-state index contributed by atoms with van der Waals surface area (Å²) in [6.07, 6.45) is 3.75. The van der Waals surface area contributed by atoms with E-state index < -0.39 is 0 Å². The van der Waals surface area contributed by atoms with Crippen LogP contribution < -0.4 is 0 Å². The molecule has 0 N–H and O–H groups in total. The molecule has 0 spiro atoms. The van der Waals surface area contributed by atoms with E-state index in [0.29, 0.717) is 25.8 Å². The van der Waals surface area contributed by atoms with Crippen molar-refractivity contribution >= 4 is 5.91 Å². The lowest BCUT2D eigenvalue weighted by atomic mass is 10.1. The number of nitrogens with zero attached hydrogens (tertiary/aromatic N) is 4. The number of piperazine rings is 1. The largest absolute Gasteiger partial charge is 0.378 e. The third kappa shape index (κ3) is 4.28. The maximum absolute atomic E-state index is 12.3. The molecule has 2 aliphatic rings. The van der Waals surface area contributed by atoms with Crippen LogP contribution in [0.3, 0.4) is 0 Å². The van der Waals surface area contributed by atoms with Gasteiger partial charge in [-0.25, -0.2) is 0 Å². The van der Waals surface area contributed by atoms with E-state index in [1.165, 1.54) is 5.56 Å². The average molecular weight is 318 g/mol. The minimum absolute atomic E-state index is 0.238. The molecule has 0 aromatic carbocycles. The minimum atomic E-state index is 0.238. The summed E-state index contributed by atoms with van der Waals surface area (Å²) in [4.78, 5) is 23.2. The van der Waals surface area contributed by atoms with E-state index in [4.69, 9.17) is 4.74 Å². The van der Waals surface area contributed by atoms with Crippen molar-refractivity contribution in [3.05, 3.63) is 30.1 Å². The molecule has 1 amide bonds.